The fraction of sp³-hybridized carbons (Fsp3) is 0.231. The summed E-state index contributed by atoms with van der Waals surface area (Å²) in [4.78, 5) is 12.1. The third-order valence-electron chi connectivity index (χ3n) is 2.78. The normalized spacial score (nSPS) is 11.0. The van der Waals surface area contributed by atoms with Crippen LogP contribution in [0.25, 0.3) is 10.2 Å². The van der Waals surface area contributed by atoms with Gasteiger partial charge >= 0.3 is 0 Å². The van der Waals surface area contributed by atoms with Crippen LogP contribution in [0.5, 0.6) is 0 Å². The monoisotopic (exact) mass is 259 g/mol. The van der Waals surface area contributed by atoms with Gasteiger partial charge in [0, 0.05) is 19.2 Å². The van der Waals surface area contributed by atoms with Crippen LogP contribution >= 0.6 is 11.3 Å². The van der Waals surface area contributed by atoms with E-state index in [9.17, 15) is 0 Å². The molecule has 0 unspecified atom stereocenters. The van der Waals surface area contributed by atoms with Crippen molar-refractivity contribution in [2.75, 3.05) is 11.9 Å². The van der Waals surface area contributed by atoms with E-state index in [1.807, 2.05) is 25.4 Å². The van der Waals surface area contributed by atoms with Crippen molar-refractivity contribution < 1.29 is 4.42 Å². The van der Waals surface area contributed by atoms with Crippen LogP contribution in [0.3, 0.4) is 0 Å². The molecule has 5 heteroatoms. The number of nitrogens with zero attached hydrogens (tertiary/aromatic N) is 3. The summed E-state index contributed by atoms with van der Waals surface area (Å²) in [5, 5.41) is 3.16. The lowest BCUT2D eigenvalue weighted by Gasteiger charge is -2.18. The third kappa shape index (κ3) is 1.97. The maximum atomic E-state index is 5.09. The van der Waals surface area contributed by atoms with Crippen LogP contribution in [0.15, 0.2) is 34.5 Å². The largest absolute Gasteiger partial charge is 0.472 e. The van der Waals surface area contributed by atoms with Crippen LogP contribution in [0.1, 0.15) is 11.4 Å². The summed E-state index contributed by atoms with van der Waals surface area (Å²) in [6.07, 6.45) is 3.45. The Hall–Kier alpha value is -1.88. The SMILES string of the molecule is Cc1nc(N(C)Cc2ccoc2)c2ccsc2n1. The fourth-order valence-electron chi connectivity index (χ4n) is 1.97. The lowest BCUT2D eigenvalue weighted by molar-refractivity contribution is 0.563. The molecule has 0 saturated carbocycles. The standard InChI is InChI=1S/C13H13N3OS/c1-9-14-12(11-4-6-18-13(11)15-9)16(2)7-10-3-5-17-8-10/h3-6,8H,7H2,1-2H3. The molecule has 0 radical (unpaired) electrons. The van der Waals surface area contributed by atoms with Gasteiger partial charge in [0.2, 0.25) is 0 Å². The highest BCUT2D eigenvalue weighted by Crippen LogP contribution is 2.27. The molecule has 0 aliphatic heterocycles. The van der Waals surface area contributed by atoms with Gasteiger partial charge in [-0.15, -0.1) is 11.3 Å². The van der Waals surface area contributed by atoms with E-state index in [-0.39, 0.29) is 0 Å². The maximum absolute atomic E-state index is 5.09. The molecule has 0 bridgehead atoms. The first-order valence-corrected chi connectivity index (χ1v) is 6.56. The van der Waals surface area contributed by atoms with Crippen molar-refractivity contribution in [2.45, 2.75) is 13.5 Å². The molecule has 4 nitrogen and oxygen atoms in total. The Balaban J connectivity index is 2.00. The van der Waals surface area contributed by atoms with E-state index in [0.717, 1.165) is 34.0 Å². The minimum atomic E-state index is 0.776. The average Bonchev–Trinajstić information content (AvgIpc) is 2.97. The van der Waals surface area contributed by atoms with E-state index < -0.39 is 0 Å². The molecule has 0 aromatic carbocycles. The van der Waals surface area contributed by atoms with E-state index in [1.54, 1.807) is 23.9 Å². The number of hydrogen-bond acceptors (Lipinski definition) is 5. The molecule has 0 atom stereocenters. The number of hydrogen-bond donors (Lipinski definition) is 0. The number of aromatic nitrogens is 2. The third-order valence-corrected chi connectivity index (χ3v) is 3.58. The van der Waals surface area contributed by atoms with Crippen molar-refractivity contribution in [1.82, 2.24) is 9.97 Å². The molecule has 0 fully saturated rings. The van der Waals surface area contributed by atoms with Gasteiger partial charge in [0.05, 0.1) is 17.9 Å². The highest BCUT2D eigenvalue weighted by molar-refractivity contribution is 7.16. The number of anilines is 1. The molecule has 3 heterocycles. The highest BCUT2D eigenvalue weighted by atomic mass is 32.1. The Morgan fingerprint density at radius 1 is 1.33 bits per heavy atom. The van der Waals surface area contributed by atoms with Crippen LogP contribution in [0.4, 0.5) is 5.82 Å². The smallest absolute Gasteiger partial charge is 0.141 e. The van der Waals surface area contributed by atoms with Gasteiger partial charge in [-0.2, -0.15) is 0 Å². The fourth-order valence-corrected chi connectivity index (χ4v) is 2.77. The zero-order valence-corrected chi connectivity index (χ0v) is 11.1. The van der Waals surface area contributed by atoms with Gasteiger partial charge in [0.25, 0.3) is 0 Å². The highest BCUT2D eigenvalue weighted by Gasteiger charge is 2.11. The Morgan fingerprint density at radius 3 is 3.00 bits per heavy atom. The van der Waals surface area contributed by atoms with Crippen LogP contribution in [-0.2, 0) is 6.54 Å². The molecule has 0 saturated heterocycles. The van der Waals surface area contributed by atoms with Gasteiger partial charge in [-0.3, -0.25) is 0 Å². The van der Waals surface area contributed by atoms with Gasteiger partial charge in [0.1, 0.15) is 16.5 Å². The van der Waals surface area contributed by atoms with E-state index >= 15 is 0 Å². The number of fused-ring (bicyclic) bond motifs is 1. The molecular formula is C13H13N3OS. The van der Waals surface area contributed by atoms with Gasteiger partial charge in [-0.05, 0) is 24.4 Å². The molecule has 18 heavy (non-hydrogen) atoms. The zero-order valence-electron chi connectivity index (χ0n) is 10.3. The molecule has 0 amide bonds. The van der Waals surface area contributed by atoms with Crippen molar-refractivity contribution in [2.24, 2.45) is 0 Å². The van der Waals surface area contributed by atoms with Crippen LogP contribution in [0, 0.1) is 6.92 Å². The summed E-state index contributed by atoms with van der Waals surface area (Å²) < 4.78 is 5.09. The quantitative estimate of drug-likeness (QED) is 0.724. The molecule has 0 N–H and O–H groups in total. The predicted octanol–water partition coefficient (Wildman–Crippen LogP) is 3.23. The second-order valence-electron chi connectivity index (χ2n) is 4.22. The molecule has 0 aliphatic carbocycles. The molecule has 92 valence electrons. The van der Waals surface area contributed by atoms with Crippen molar-refractivity contribution in [3.05, 3.63) is 41.4 Å². The Morgan fingerprint density at radius 2 is 2.22 bits per heavy atom. The zero-order chi connectivity index (χ0) is 12.5. The maximum Gasteiger partial charge on any atom is 0.141 e. The van der Waals surface area contributed by atoms with Crippen molar-refractivity contribution >= 4 is 27.4 Å². The van der Waals surface area contributed by atoms with E-state index in [2.05, 4.69) is 20.9 Å². The summed E-state index contributed by atoms with van der Waals surface area (Å²) >= 11 is 1.64. The summed E-state index contributed by atoms with van der Waals surface area (Å²) in [7, 11) is 2.03. The van der Waals surface area contributed by atoms with E-state index in [4.69, 9.17) is 4.42 Å². The van der Waals surface area contributed by atoms with Crippen LogP contribution in [0.2, 0.25) is 0 Å². The van der Waals surface area contributed by atoms with E-state index in [0.29, 0.717) is 0 Å². The lowest BCUT2D eigenvalue weighted by Crippen LogP contribution is -2.18. The molecular weight excluding hydrogens is 246 g/mol. The predicted molar refractivity (Wildman–Crippen MR) is 73.0 cm³/mol. The minimum Gasteiger partial charge on any atom is -0.472 e. The van der Waals surface area contributed by atoms with Crippen LogP contribution < -0.4 is 4.90 Å². The number of furan rings is 1. The van der Waals surface area contributed by atoms with Gasteiger partial charge in [0.15, 0.2) is 0 Å². The van der Waals surface area contributed by atoms with Crippen molar-refractivity contribution in [3.8, 4) is 0 Å². The van der Waals surface area contributed by atoms with Crippen LogP contribution in [-0.4, -0.2) is 17.0 Å². The number of rotatable bonds is 3. The first-order chi connectivity index (χ1) is 8.74. The van der Waals surface area contributed by atoms with Gasteiger partial charge in [-0.1, -0.05) is 0 Å². The number of aryl methyl sites for hydroxylation is 1. The first-order valence-electron chi connectivity index (χ1n) is 5.68. The second-order valence-corrected chi connectivity index (χ2v) is 5.12. The van der Waals surface area contributed by atoms with Gasteiger partial charge in [-0.25, -0.2) is 9.97 Å². The Bertz CT molecular complexity index is 660. The summed E-state index contributed by atoms with van der Waals surface area (Å²) in [6.45, 7) is 2.70. The molecule has 3 aromatic rings. The Kier molecular flexibility index (Phi) is 2.76. The summed E-state index contributed by atoms with van der Waals surface area (Å²) in [5.74, 6) is 1.78. The molecule has 0 spiro atoms. The minimum absolute atomic E-state index is 0.776. The summed E-state index contributed by atoms with van der Waals surface area (Å²) in [5.41, 5.74) is 1.14. The molecule has 3 rings (SSSR count). The number of thiophene rings is 1. The molecule has 0 aliphatic rings. The van der Waals surface area contributed by atoms with E-state index in [1.165, 1.54) is 0 Å². The molecule has 3 aromatic heterocycles. The second kappa shape index (κ2) is 4.42. The van der Waals surface area contributed by atoms with Gasteiger partial charge < -0.3 is 9.32 Å². The lowest BCUT2D eigenvalue weighted by atomic mass is 10.3. The first kappa shape index (κ1) is 11.2. The summed E-state index contributed by atoms with van der Waals surface area (Å²) in [6, 6.07) is 4.04. The topological polar surface area (TPSA) is 42.2 Å². The Labute approximate surface area is 109 Å². The van der Waals surface area contributed by atoms with Crippen molar-refractivity contribution in [3.63, 3.8) is 0 Å². The average molecular weight is 259 g/mol. The van der Waals surface area contributed by atoms with Crippen molar-refractivity contribution in [1.29, 1.82) is 0 Å².